The lowest BCUT2D eigenvalue weighted by molar-refractivity contribution is 0.413. The molecule has 0 aliphatic heterocycles. The van der Waals surface area contributed by atoms with Gasteiger partial charge in [-0.25, -0.2) is 4.98 Å². The SMILES string of the molecule is CCC(C)(CC)c1ncn[nH]1. The van der Waals surface area contributed by atoms with Gasteiger partial charge in [0.05, 0.1) is 0 Å². The van der Waals surface area contributed by atoms with E-state index in [1.165, 1.54) is 0 Å². The predicted octanol–water partition coefficient (Wildman–Crippen LogP) is 1.88. The van der Waals surface area contributed by atoms with Gasteiger partial charge in [0, 0.05) is 5.41 Å². The smallest absolute Gasteiger partial charge is 0.137 e. The molecule has 0 saturated carbocycles. The maximum atomic E-state index is 4.16. The summed E-state index contributed by atoms with van der Waals surface area (Å²) in [7, 11) is 0. The highest BCUT2D eigenvalue weighted by atomic mass is 15.2. The van der Waals surface area contributed by atoms with E-state index in [-0.39, 0.29) is 5.41 Å². The Balaban J connectivity index is 2.87. The molecule has 0 spiro atoms. The Morgan fingerprint density at radius 1 is 1.45 bits per heavy atom. The lowest BCUT2D eigenvalue weighted by Gasteiger charge is -2.22. The van der Waals surface area contributed by atoms with Gasteiger partial charge >= 0.3 is 0 Å². The van der Waals surface area contributed by atoms with Crippen LogP contribution in [0.2, 0.25) is 0 Å². The Morgan fingerprint density at radius 3 is 2.45 bits per heavy atom. The van der Waals surface area contributed by atoms with E-state index in [9.17, 15) is 0 Å². The van der Waals surface area contributed by atoms with Gasteiger partial charge in [-0.1, -0.05) is 20.8 Å². The molecule has 1 N–H and O–H groups in total. The second-order valence-electron chi connectivity index (χ2n) is 3.10. The van der Waals surface area contributed by atoms with Gasteiger partial charge in [0.25, 0.3) is 0 Å². The standard InChI is InChI=1S/C8H15N3/c1-4-8(3,5-2)7-9-6-10-11-7/h6H,4-5H2,1-3H3,(H,9,10,11). The van der Waals surface area contributed by atoms with Crippen LogP contribution in [0, 0.1) is 0 Å². The van der Waals surface area contributed by atoms with Crippen LogP contribution in [0.25, 0.3) is 0 Å². The van der Waals surface area contributed by atoms with Crippen LogP contribution in [0.3, 0.4) is 0 Å². The minimum Gasteiger partial charge on any atom is -0.263 e. The van der Waals surface area contributed by atoms with Gasteiger partial charge < -0.3 is 0 Å². The van der Waals surface area contributed by atoms with Crippen molar-refractivity contribution < 1.29 is 0 Å². The number of aromatic amines is 1. The van der Waals surface area contributed by atoms with Crippen molar-refractivity contribution in [2.45, 2.75) is 39.0 Å². The Labute approximate surface area is 67.2 Å². The van der Waals surface area contributed by atoms with Crippen LogP contribution >= 0.6 is 0 Å². The second kappa shape index (κ2) is 3.03. The third-order valence-corrected chi connectivity index (χ3v) is 2.55. The van der Waals surface area contributed by atoms with Crippen molar-refractivity contribution in [1.82, 2.24) is 15.2 Å². The van der Waals surface area contributed by atoms with Crippen LogP contribution < -0.4 is 0 Å². The third kappa shape index (κ3) is 1.42. The summed E-state index contributed by atoms with van der Waals surface area (Å²) < 4.78 is 0. The number of hydrogen-bond acceptors (Lipinski definition) is 2. The van der Waals surface area contributed by atoms with Crippen LogP contribution in [-0.4, -0.2) is 15.2 Å². The molecule has 0 aromatic carbocycles. The average molecular weight is 153 g/mol. The number of nitrogens with one attached hydrogen (secondary N) is 1. The highest BCUT2D eigenvalue weighted by Crippen LogP contribution is 2.26. The Morgan fingerprint density at radius 2 is 2.09 bits per heavy atom. The molecule has 0 aliphatic rings. The van der Waals surface area contributed by atoms with Crippen LogP contribution in [0.1, 0.15) is 39.4 Å². The number of hydrogen-bond donors (Lipinski definition) is 1. The van der Waals surface area contributed by atoms with Gasteiger partial charge in [-0.05, 0) is 12.8 Å². The molecule has 62 valence electrons. The van der Waals surface area contributed by atoms with Crippen molar-refractivity contribution in [3.8, 4) is 0 Å². The minimum atomic E-state index is 0.177. The lowest BCUT2D eigenvalue weighted by atomic mass is 9.84. The molecule has 0 bridgehead atoms. The van der Waals surface area contributed by atoms with Gasteiger partial charge in [-0.3, -0.25) is 5.10 Å². The number of rotatable bonds is 3. The molecule has 1 aromatic heterocycles. The molecule has 1 heterocycles. The summed E-state index contributed by atoms with van der Waals surface area (Å²) in [5.74, 6) is 1.00. The van der Waals surface area contributed by atoms with E-state index >= 15 is 0 Å². The molecule has 3 heteroatoms. The lowest BCUT2D eigenvalue weighted by Crippen LogP contribution is -2.21. The molecule has 0 amide bonds. The number of H-pyrrole nitrogens is 1. The fourth-order valence-corrected chi connectivity index (χ4v) is 1.08. The second-order valence-corrected chi connectivity index (χ2v) is 3.10. The van der Waals surface area contributed by atoms with E-state index in [1.807, 2.05) is 0 Å². The molecule has 0 saturated heterocycles. The molecule has 0 unspecified atom stereocenters. The zero-order valence-corrected chi connectivity index (χ0v) is 7.39. The fourth-order valence-electron chi connectivity index (χ4n) is 1.08. The van der Waals surface area contributed by atoms with Crippen molar-refractivity contribution in [2.75, 3.05) is 0 Å². The summed E-state index contributed by atoms with van der Waals surface area (Å²) in [6.07, 6.45) is 3.76. The first kappa shape index (κ1) is 8.24. The van der Waals surface area contributed by atoms with Crippen molar-refractivity contribution in [1.29, 1.82) is 0 Å². The molecular weight excluding hydrogens is 138 g/mol. The quantitative estimate of drug-likeness (QED) is 0.720. The summed E-state index contributed by atoms with van der Waals surface area (Å²) in [5, 5.41) is 6.77. The van der Waals surface area contributed by atoms with Crippen molar-refractivity contribution in [2.24, 2.45) is 0 Å². The van der Waals surface area contributed by atoms with E-state index in [4.69, 9.17) is 0 Å². The molecule has 1 rings (SSSR count). The summed E-state index contributed by atoms with van der Waals surface area (Å²) in [6, 6.07) is 0. The van der Waals surface area contributed by atoms with Gasteiger partial charge in [-0.2, -0.15) is 5.10 Å². The van der Waals surface area contributed by atoms with Crippen molar-refractivity contribution in [3.05, 3.63) is 12.2 Å². The predicted molar refractivity (Wildman–Crippen MR) is 44.3 cm³/mol. The summed E-state index contributed by atoms with van der Waals surface area (Å²) in [6.45, 7) is 6.55. The Bertz CT molecular complexity index is 199. The van der Waals surface area contributed by atoms with Crippen LogP contribution in [0.5, 0.6) is 0 Å². The van der Waals surface area contributed by atoms with E-state index in [0.29, 0.717) is 0 Å². The highest BCUT2D eigenvalue weighted by Gasteiger charge is 2.24. The summed E-state index contributed by atoms with van der Waals surface area (Å²) >= 11 is 0. The molecule has 0 fully saturated rings. The van der Waals surface area contributed by atoms with E-state index < -0.39 is 0 Å². The van der Waals surface area contributed by atoms with Gasteiger partial charge in [0.15, 0.2) is 0 Å². The number of aromatic nitrogens is 3. The van der Waals surface area contributed by atoms with E-state index in [1.54, 1.807) is 6.33 Å². The Hall–Kier alpha value is -0.860. The maximum absolute atomic E-state index is 4.16. The first-order valence-corrected chi connectivity index (χ1v) is 4.08. The van der Waals surface area contributed by atoms with Gasteiger partial charge in [-0.15, -0.1) is 0 Å². The zero-order chi connectivity index (χ0) is 8.32. The normalized spacial score (nSPS) is 11.9. The molecule has 11 heavy (non-hydrogen) atoms. The number of nitrogens with zero attached hydrogens (tertiary/aromatic N) is 2. The molecule has 3 nitrogen and oxygen atoms in total. The molecular formula is C8H15N3. The molecule has 0 aliphatic carbocycles. The molecule has 0 radical (unpaired) electrons. The van der Waals surface area contributed by atoms with Gasteiger partial charge in [0.1, 0.15) is 12.2 Å². The summed E-state index contributed by atoms with van der Waals surface area (Å²) in [4.78, 5) is 4.16. The Kier molecular flexibility index (Phi) is 2.27. The first-order chi connectivity index (χ1) is 5.23. The molecule has 0 atom stereocenters. The topological polar surface area (TPSA) is 41.6 Å². The minimum absolute atomic E-state index is 0.177. The molecule has 1 aromatic rings. The third-order valence-electron chi connectivity index (χ3n) is 2.55. The maximum Gasteiger partial charge on any atom is 0.137 e. The first-order valence-electron chi connectivity index (χ1n) is 4.08. The fraction of sp³-hybridized carbons (Fsp3) is 0.750. The highest BCUT2D eigenvalue weighted by molar-refractivity contribution is 5.01. The van der Waals surface area contributed by atoms with Gasteiger partial charge in [0.2, 0.25) is 0 Å². The van der Waals surface area contributed by atoms with E-state index in [0.717, 1.165) is 18.7 Å². The van der Waals surface area contributed by atoms with Crippen molar-refractivity contribution in [3.63, 3.8) is 0 Å². The van der Waals surface area contributed by atoms with Crippen LogP contribution in [0.4, 0.5) is 0 Å². The monoisotopic (exact) mass is 153 g/mol. The van der Waals surface area contributed by atoms with Crippen molar-refractivity contribution >= 4 is 0 Å². The van der Waals surface area contributed by atoms with Crippen LogP contribution in [0.15, 0.2) is 6.33 Å². The summed E-state index contributed by atoms with van der Waals surface area (Å²) in [5.41, 5.74) is 0.177. The van der Waals surface area contributed by atoms with Crippen LogP contribution in [-0.2, 0) is 5.41 Å². The van der Waals surface area contributed by atoms with E-state index in [2.05, 4.69) is 36.0 Å². The zero-order valence-electron chi connectivity index (χ0n) is 7.39. The largest absolute Gasteiger partial charge is 0.263 e. The average Bonchev–Trinajstić information content (AvgIpc) is 2.55.